The molecular formula is C18H25NO9. The lowest BCUT2D eigenvalue weighted by molar-refractivity contribution is -0.208. The molecule has 1 amide bonds. The Labute approximate surface area is 162 Å². The van der Waals surface area contributed by atoms with Crippen LogP contribution in [0.5, 0.6) is 0 Å². The molecule has 0 aromatic carbocycles. The molecule has 10 nitrogen and oxygen atoms in total. The van der Waals surface area contributed by atoms with Crippen molar-refractivity contribution in [2.45, 2.75) is 52.0 Å². The maximum atomic E-state index is 12.6. The lowest BCUT2D eigenvalue weighted by Crippen LogP contribution is -2.72. The summed E-state index contributed by atoms with van der Waals surface area (Å²) in [5.74, 6) is -3.13. The van der Waals surface area contributed by atoms with Crippen molar-refractivity contribution in [2.75, 3.05) is 13.4 Å². The number of β-lactam (4-membered cyclic amide) rings is 1. The number of rotatable bonds is 7. The zero-order chi connectivity index (χ0) is 21.3. The molecule has 4 atom stereocenters. The van der Waals surface area contributed by atoms with Crippen LogP contribution in [0.3, 0.4) is 0 Å². The Balaban J connectivity index is 2.00. The topological polar surface area (TPSA) is 129 Å². The van der Waals surface area contributed by atoms with Gasteiger partial charge in [-0.15, -0.1) is 6.58 Å². The van der Waals surface area contributed by atoms with Crippen molar-refractivity contribution in [3.63, 3.8) is 0 Å². The second-order valence-corrected chi connectivity index (χ2v) is 7.90. The Morgan fingerprint density at radius 3 is 2.54 bits per heavy atom. The van der Waals surface area contributed by atoms with Gasteiger partial charge in [-0.1, -0.05) is 6.08 Å². The standard InChI is InChI=1S/C18H25NO9/c1-6-7-10-11(18(5)8-25-16(24)28-18)12(20)19(10)13(21)14(22)26-9-27-15(23)17(2,3)4/h6,10-11,13,21H,1,7-9H2,2-5H3. The average Bonchev–Trinajstić information content (AvgIpc) is 2.92. The third-order valence-electron chi connectivity index (χ3n) is 4.60. The molecule has 0 radical (unpaired) electrons. The van der Waals surface area contributed by atoms with E-state index in [-0.39, 0.29) is 13.0 Å². The molecule has 0 spiro atoms. The molecule has 28 heavy (non-hydrogen) atoms. The molecule has 2 saturated heterocycles. The minimum atomic E-state index is -1.90. The molecule has 10 heteroatoms. The van der Waals surface area contributed by atoms with Gasteiger partial charge in [0.25, 0.3) is 0 Å². The van der Waals surface area contributed by atoms with Crippen LogP contribution in [0.4, 0.5) is 4.79 Å². The highest BCUT2D eigenvalue weighted by Gasteiger charge is 2.62. The first-order valence-corrected chi connectivity index (χ1v) is 8.73. The molecule has 2 aliphatic heterocycles. The number of nitrogens with zero attached hydrogens (tertiary/aromatic N) is 1. The maximum Gasteiger partial charge on any atom is 0.509 e. The summed E-state index contributed by atoms with van der Waals surface area (Å²) >= 11 is 0. The van der Waals surface area contributed by atoms with Gasteiger partial charge in [0.1, 0.15) is 12.5 Å². The van der Waals surface area contributed by atoms with Gasteiger partial charge < -0.3 is 29.0 Å². The number of ether oxygens (including phenoxy) is 4. The lowest BCUT2D eigenvalue weighted by Gasteiger charge is -2.52. The summed E-state index contributed by atoms with van der Waals surface area (Å²) in [6.45, 7) is 9.23. The van der Waals surface area contributed by atoms with Gasteiger partial charge in [-0.3, -0.25) is 9.59 Å². The van der Waals surface area contributed by atoms with Crippen LogP contribution in [0, 0.1) is 11.3 Å². The summed E-state index contributed by atoms with van der Waals surface area (Å²) in [6.07, 6.45) is -1.02. The molecule has 2 heterocycles. The number of hydrogen-bond donors (Lipinski definition) is 1. The van der Waals surface area contributed by atoms with Crippen molar-refractivity contribution >= 4 is 24.0 Å². The fourth-order valence-corrected chi connectivity index (χ4v) is 3.11. The average molecular weight is 399 g/mol. The molecule has 0 aliphatic carbocycles. The van der Waals surface area contributed by atoms with Crippen LogP contribution in [0.15, 0.2) is 12.7 Å². The predicted molar refractivity (Wildman–Crippen MR) is 92.3 cm³/mol. The first kappa shape index (κ1) is 21.7. The molecule has 0 aromatic heterocycles. The van der Waals surface area contributed by atoms with Gasteiger partial charge in [0, 0.05) is 0 Å². The van der Waals surface area contributed by atoms with E-state index < -0.39 is 60.0 Å². The van der Waals surface area contributed by atoms with Crippen LogP contribution in [0.2, 0.25) is 0 Å². The van der Waals surface area contributed by atoms with Crippen LogP contribution in [0.25, 0.3) is 0 Å². The number of likely N-dealkylation sites (tertiary alicyclic amines) is 1. The Bertz CT molecular complexity index is 683. The molecular weight excluding hydrogens is 374 g/mol. The van der Waals surface area contributed by atoms with Crippen molar-refractivity contribution in [3.05, 3.63) is 12.7 Å². The van der Waals surface area contributed by atoms with Gasteiger partial charge in [-0.2, -0.15) is 0 Å². The number of cyclic esters (lactones) is 2. The molecule has 2 rings (SSSR count). The van der Waals surface area contributed by atoms with Crippen LogP contribution in [-0.2, 0) is 33.3 Å². The summed E-state index contributed by atoms with van der Waals surface area (Å²) in [4.78, 5) is 48.5. The number of carbonyl (C=O) groups is 4. The smallest absolute Gasteiger partial charge is 0.430 e. The van der Waals surface area contributed by atoms with E-state index in [2.05, 4.69) is 6.58 Å². The zero-order valence-electron chi connectivity index (χ0n) is 16.3. The fraction of sp³-hybridized carbons (Fsp3) is 0.667. The summed E-state index contributed by atoms with van der Waals surface area (Å²) in [5, 5.41) is 10.2. The number of carbonyl (C=O) groups excluding carboxylic acids is 4. The first-order chi connectivity index (χ1) is 12.9. The second-order valence-electron chi connectivity index (χ2n) is 7.90. The van der Waals surface area contributed by atoms with E-state index in [1.54, 1.807) is 27.7 Å². The largest absolute Gasteiger partial charge is 0.509 e. The molecule has 0 saturated carbocycles. The molecule has 4 unspecified atom stereocenters. The molecule has 0 aromatic rings. The van der Waals surface area contributed by atoms with E-state index in [0.29, 0.717) is 0 Å². The van der Waals surface area contributed by atoms with Gasteiger partial charge in [0.2, 0.25) is 18.9 Å². The van der Waals surface area contributed by atoms with Gasteiger partial charge in [-0.05, 0) is 34.1 Å². The molecule has 0 bridgehead atoms. The van der Waals surface area contributed by atoms with Crippen molar-refractivity contribution in [3.8, 4) is 0 Å². The Morgan fingerprint density at radius 2 is 2.04 bits per heavy atom. The number of hydrogen-bond acceptors (Lipinski definition) is 9. The predicted octanol–water partition coefficient (Wildman–Crippen LogP) is 0.723. The minimum absolute atomic E-state index is 0.118. The van der Waals surface area contributed by atoms with Crippen molar-refractivity contribution in [1.29, 1.82) is 0 Å². The maximum absolute atomic E-state index is 12.6. The second kappa shape index (κ2) is 7.78. The summed E-state index contributed by atoms with van der Waals surface area (Å²) in [6, 6.07) is -0.649. The van der Waals surface area contributed by atoms with Gasteiger partial charge in [-0.25, -0.2) is 9.59 Å². The highest BCUT2D eigenvalue weighted by molar-refractivity contribution is 5.92. The minimum Gasteiger partial charge on any atom is -0.430 e. The number of aliphatic hydroxyl groups excluding tert-OH is 1. The van der Waals surface area contributed by atoms with Crippen molar-refractivity contribution in [2.24, 2.45) is 11.3 Å². The van der Waals surface area contributed by atoms with Gasteiger partial charge in [0.15, 0.2) is 5.60 Å². The number of amides is 1. The lowest BCUT2D eigenvalue weighted by atomic mass is 9.73. The van der Waals surface area contributed by atoms with E-state index in [9.17, 15) is 24.3 Å². The normalized spacial score (nSPS) is 28.0. The third kappa shape index (κ3) is 4.11. The Morgan fingerprint density at radius 1 is 1.39 bits per heavy atom. The van der Waals surface area contributed by atoms with Gasteiger partial charge in [0.05, 0.1) is 11.5 Å². The van der Waals surface area contributed by atoms with Crippen LogP contribution < -0.4 is 0 Å². The highest BCUT2D eigenvalue weighted by atomic mass is 16.8. The third-order valence-corrected chi connectivity index (χ3v) is 4.60. The monoisotopic (exact) mass is 399 g/mol. The fourth-order valence-electron chi connectivity index (χ4n) is 3.11. The zero-order valence-corrected chi connectivity index (χ0v) is 16.3. The van der Waals surface area contributed by atoms with Gasteiger partial charge >= 0.3 is 18.1 Å². The SMILES string of the molecule is C=CCC1C(C2(C)COC(=O)O2)C(=O)N1C(O)C(=O)OCOC(=O)C(C)(C)C. The van der Waals surface area contributed by atoms with Crippen molar-refractivity contribution in [1.82, 2.24) is 4.90 Å². The van der Waals surface area contributed by atoms with Crippen LogP contribution >= 0.6 is 0 Å². The van der Waals surface area contributed by atoms with Crippen LogP contribution in [-0.4, -0.2) is 65.3 Å². The summed E-state index contributed by atoms with van der Waals surface area (Å²) in [7, 11) is 0. The van der Waals surface area contributed by atoms with E-state index in [4.69, 9.17) is 18.9 Å². The van der Waals surface area contributed by atoms with E-state index >= 15 is 0 Å². The molecule has 1 N–H and O–H groups in total. The van der Waals surface area contributed by atoms with E-state index in [1.165, 1.54) is 6.08 Å². The molecule has 2 fully saturated rings. The Hall–Kier alpha value is -2.62. The van der Waals surface area contributed by atoms with Crippen molar-refractivity contribution < 1.29 is 43.2 Å². The highest BCUT2D eigenvalue weighted by Crippen LogP contribution is 2.42. The quantitative estimate of drug-likeness (QED) is 0.285. The molecule has 156 valence electrons. The number of esters is 2. The Kier molecular flexibility index (Phi) is 6.03. The summed E-state index contributed by atoms with van der Waals surface area (Å²) < 4.78 is 19.4. The first-order valence-electron chi connectivity index (χ1n) is 8.73. The van der Waals surface area contributed by atoms with E-state index in [0.717, 1.165) is 4.90 Å². The molecule has 2 aliphatic rings. The van der Waals surface area contributed by atoms with E-state index in [1.807, 2.05) is 0 Å². The number of aliphatic hydroxyl groups is 1. The summed E-state index contributed by atoms with van der Waals surface area (Å²) in [5.41, 5.74) is -1.98. The van der Waals surface area contributed by atoms with Crippen LogP contribution in [0.1, 0.15) is 34.1 Å².